The third-order valence-corrected chi connectivity index (χ3v) is 4.78. The van der Waals surface area contributed by atoms with Gasteiger partial charge in [-0.3, -0.25) is 4.90 Å². The number of esters is 1. The molecule has 4 nitrogen and oxygen atoms in total. The summed E-state index contributed by atoms with van der Waals surface area (Å²) in [6.45, 7) is 5.40. The van der Waals surface area contributed by atoms with E-state index in [2.05, 4.69) is 11.8 Å². The highest BCUT2D eigenvalue weighted by atomic mass is 16.5. The number of benzene rings is 1. The minimum atomic E-state index is -0.296. The van der Waals surface area contributed by atoms with E-state index in [1.165, 1.54) is 12.7 Å². The molecule has 0 amide bonds. The van der Waals surface area contributed by atoms with Gasteiger partial charge in [0.2, 0.25) is 0 Å². The third-order valence-electron chi connectivity index (χ3n) is 4.78. The molecule has 116 valence electrons. The van der Waals surface area contributed by atoms with E-state index in [0.717, 1.165) is 38.9 Å². The predicted octanol–water partition coefficient (Wildman–Crippen LogP) is 2.46. The molecule has 2 rings (SSSR count). The molecule has 0 spiro atoms. The van der Waals surface area contributed by atoms with E-state index >= 15 is 0 Å². The molecule has 0 aliphatic carbocycles. The smallest absolute Gasteiger partial charge is 0.337 e. The lowest BCUT2D eigenvalue weighted by molar-refractivity contribution is 0.0382. The first-order valence-corrected chi connectivity index (χ1v) is 7.63. The Kier molecular flexibility index (Phi) is 5.37. The minimum Gasteiger partial charge on any atom is -0.465 e. The Morgan fingerprint density at radius 3 is 2.38 bits per heavy atom. The number of likely N-dealkylation sites (tertiary alicyclic amines) is 1. The quantitative estimate of drug-likeness (QED) is 0.847. The molecule has 0 atom stereocenters. The maximum atomic E-state index is 11.4. The van der Waals surface area contributed by atoms with Crippen molar-refractivity contribution in [3.8, 4) is 0 Å². The van der Waals surface area contributed by atoms with Gasteiger partial charge in [-0.1, -0.05) is 19.1 Å². The summed E-state index contributed by atoms with van der Waals surface area (Å²) in [6.07, 6.45) is 3.16. The Balaban J connectivity index is 1.90. The Hall–Kier alpha value is -1.39. The molecular formula is C17H25NO3. The molecular weight excluding hydrogens is 266 g/mol. The van der Waals surface area contributed by atoms with Crippen LogP contribution in [0.4, 0.5) is 0 Å². The van der Waals surface area contributed by atoms with Crippen LogP contribution >= 0.6 is 0 Å². The number of methoxy groups -OCH3 is 1. The van der Waals surface area contributed by atoms with Gasteiger partial charge in [-0.25, -0.2) is 4.79 Å². The molecule has 0 aromatic heterocycles. The van der Waals surface area contributed by atoms with E-state index in [4.69, 9.17) is 4.74 Å². The van der Waals surface area contributed by atoms with E-state index in [1.807, 2.05) is 24.3 Å². The number of nitrogens with zero attached hydrogens (tertiary/aromatic N) is 1. The Labute approximate surface area is 126 Å². The number of hydrogen-bond donors (Lipinski definition) is 1. The van der Waals surface area contributed by atoms with Gasteiger partial charge in [0.15, 0.2) is 0 Å². The molecule has 0 radical (unpaired) electrons. The van der Waals surface area contributed by atoms with Gasteiger partial charge in [-0.2, -0.15) is 0 Å². The van der Waals surface area contributed by atoms with E-state index < -0.39 is 0 Å². The lowest BCUT2D eigenvalue weighted by atomic mass is 9.77. The van der Waals surface area contributed by atoms with Crippen LogP contribution < -0.4 is 0 Å². The summed E-state index contributed by atoms with van der Waals surface area (Å²) in [5, 5.41) is 9.56. The van der Waals surface area contributed by atoms with Crippen molar-refractivity contribution in [1.82, 2.24) is 4.90 Å². The second-order valence-corrected chi connectivity index (χ2v) is 5.98. The number of carbonyl (C=O) groups is 1. The molecule has 0 bridgehead atoms. The van der Waals surface area contributed by atoms with Crippen molar-refractivity contribution in [3.05, 3.63) is 35.4 Å². The number of carbonyl (C=O) groups excluding carboxylic acids is 1. The topological polar surface area (TPSA) is 49.8 Å². The standard InChI is InChI=1S/C17H25NO3/c1-3-17(13-19)8-10-18(11-9-17)12-14-4-6-15(7-5-14)16(20)21-2/h4-7,19H,3,8-13H2,1-2H3. The number of aliphatic hydroxyl groups is 1. The molecule has 1 aromatic rings. The minimum absolute atomic E-state index is 0.130. The average Bonchev–Trinajstić information content (AvgIpc) is 2.56. The van der Waals surface area contributed by atoms with Crippen molar-refractivity contribution in [2.75, 3.05) is 26.8 Å². The van der Waals surface area contributed by atoms with E-state index in [1.54, 1.807) is 0 Å². The van der Waals surface area contributed by atoms with Gasteiger partial charge in [0.1, 0.15) is 0 Å². The monoisotopic (exact) mass is 291 g/mol. The first kappa shape index (κ1) is 16.0. The van der Waals surface area contributed by atoms with Crippen LogP contribution in [-0.4, -0.2) is 42.8 Å². The molecule has 0 saturated carbocycles. The van der Waals surface area contributed by atoms with Crippen molar-refractivity contribution < 1.29 is 14.6 Å². The molecule has 21 heavy (non-hydrogen) atoms. The Morgan fingerprint density at radius 1 is 1.29 bits per heavy atom. The summed E-state index contributed by atoms with van der Waals surface area (Å²) in [4.78, 5) is 13.8. The molecule has 0 unspecified atom stereocenters. The van der Waals surface area contributed by atoms with Crippen molar-refractivity contribution in [3.63, 3.8) is 0 Å². The van der Waals surface area contributed by atoms with Crippen LogP contribution in [0.15, 0.2) is 24.3 Å². The number of aliphatic hydroxyl groups excluding tert-OH is 1. The number of hydrogen-bond acceptors (Lipinski definition) is 4. The fraction of sp³-hybridized carbons (Fsp3) is 0.588. The Morgan fingerprint density at radius 2 is 1.90 bits per heavy atom. The maximum absolute atomic E-state index is 11.4. The van der Waals surface area contributed by atoms with Gasteiger partial charge in [0.25, 0.3) is 0 Å². The summed E-state index contributed by atoms with van der Waals surface area (Å²) >= 11 is 0. The fourth-order valence-corrected chi connectivity index (χ4v) is 2.93. The van der Waals surface area contributed by atoms with Crippen molar-refractivity contribution in [2.24, 2.45) is 5.41 Å². The zero-order valence-electron chi connectivity index (χ0n) is 13.0. The zero-order chi connectivity index (χ0) is 15.3. The van der Waals surface area contributed by atoms with E-state index in [9.17, 15) is 9.90 Å². The van der Waals surface area contributed by atoms with Gasteiger partial charge in [0.05, 0.1) is 12.7 Å². The summed E-state index contributed by atoms with van der Waals surface area (Å²) in [5.41, 5.74) is 1.92. The third kappa shape index (κ3) is 3.83. The predicted molar refractivity (Wildman–Crippen MR) is 82.1 cm³/mol. The fourth-order valence-electron chi connectivity index (χ4n) is 2.93. The van der Waals surface area contributed by atoms with Crippen molar-refractivity contribution in [1.29, 1.82) is 0 Å². The van der Waals surface area contributed by atoms with E-state index in [0.29, 0.717) is 12.2 Å². The number of ether oxygens (including phenoxy) is 1. The molecule has 1 heterocycles. The second kappa shape index (κ2) is 7.05. The summed E-state index contributed by atoms with van der Waals surface area (Å²) in [6, 6.07) is 7.60. The largest absolute Gasteiger partial charge is 0.465 e. The molecule has 1 aliphatic heterocycles. The van der Waals surface area contributed by atoms with Crippen LogP contribution in [0.2, 0.25) is 0 Å². The van der Waals surface area contributed by atoms with Crippen molar-refractivity contribution >= 4 is 5.97 Å². The maximum Gasteiger partial charge on any atom is 0.337 e. The zero-order valence-corrected chi connectivity index (χ0v) is 13.0. The highest BCUT2D eigenvalue weighted by molar-refractivity contribution is 5.89. The number of piperidine rings is 1. The van der Waals surface area contributed by atoms with Crippen LogP contribution in [0.25, 0.3) is 0 Å². The summed E-state index contributed by atoms with van der Waals surface area (Å²) in [5.74, 6) is -0.296. The Bertz CT molecular complexity index is 455. The lowest BCUT2D eigenvalue weighted by Gasteiger charge is -2.40. The molecule has 1 saturated heterocycles. The van der Waals surface area contributed by atoms with E-state index in [-0.39, 0.29) is 11.4 Å². The summed E-state index contributed by atoms with van der Waals surface area (Å²) < 4.78 is 4.70. The van der Waals surface area contributed by atoms with Crippen LogP contribution in [0.3, 0.4) is 0 Å². The molecule has 1 fully saturated rings. The highest BCUT2D eigenvalue weighted by Gasteiger charge is 2.32. The molecule has 1 aromatic carbocycles. The first-order valence-electron chi connectivity index (χ1n) is 7.63. The van der Waals surface area contributed by atoms with Crippen LogP contribution in [-0.2, 0) is 11.3 Å². The van der Waals surface area contributed by atoms with Gasteiger partial charge in [0, 0.05) is 13.2 Å². The summed E-state index contributed by atoms with van der Waals surface area (Å²) in [7, 11) is 1.39. The normalized spacial score (nSPS) is 18.4. The SMILES string of the molecule is CCC1(CO)CCN(Cc2ccc(C(=O)OC)cc2)CC1. The van der Waals surface area contributed by atoms with Gasteiger partial charge in [-0.05, 0) is 55.5 Å². The van der Waals surface area contributed by atoms with Gasteiger partial charge < -0.3 is 9.84 Å². The lowest BCUT2D eigenvalue weighted by Crippen LogP contribution is -2.41. The van der Waals surface area contributed by atoms with Crippen LogP contribution in [0, 0.1) is 5.41 Å². The second-order valence-electron chi connectivity index (χ2n) is 5.98. The van der Waals surface area contributed by atoms with Crippen LogP contribution in [0.1, 0.15) is 42.1 Å². The molecule has 1 N–H and O–H groups in total. The highest BCUT2D eigenvalue weighted by Crippen LogP contribution is 2.34. The first-order chi connectivity index (χ1) is 10.1. The van der Waals surface area contributed by atoms with Crippen LogP contribution in [0.5, 0.6) is 0 Å². The molecule has 1 aliphatic rings. The van der Waals surface area contributed by atoms with Gasteiger partial charge in [-0.15, -0.1) is 0 Å². The number of rotatable bonds is 5. The van der Waals surface area contributed by atoms with Crippen molar-refractivity contribution in [2.45, 2.75) is 32.7 Å². The average molecular weight is 291 g/mol. The van der Waals surface area contributed by atoms with Gasteiger partial charge >= 0.3 is 5.97 Å². The molecule has 4 heteroatoms.